The Kier molecular flexibility index (Phi) is 3.46. The van der Waals surface area contributed by atoms with E-state index in [4.69, 9.17) is 5.73 Å². The molecule has 3 nitrogen and oxygen atoms in total. The first kappa shape index (κ1) is 10.7. The van der Waals surface area contributed by atoms with Gasteiger partial charge in [-0.2, -0.15) is 0 Å². The van der Waals surface area contributed by atoms with E-state index >= 15 is 0 Å². The van der Waals surface area contributed by atoms with Gasteiger partial charge in [-0.25, -0.2) is 9.97 Å². The summed E-state index contributed by atoms with van der Waals surface area (Å²) in [6.45, 7) is 1.96. The number of anilines is 1. The molecule has 1 aliphatic carbocycles. The number of nitrogens with zero attached hydrogens (tertiary/aromatic N) is 2. The Labute approximate surface area is 94.9 Å². The SMILES string of the molecule is Cc1cc(SCC2CCCC2)nc(N)n1. The highest BCUT2D eigenvalue weighted by Crippen LogP contribution is 2.30. The van der Waals surface area contributed by atoms with Crippen LogP contribution in [0.5, 0.6) is 0 Å². The van der Waals surface area contributed by atoms with E-state index in [0.29, 0.717) is 5.95 Å². The van der Waals surface area contributed by atoms with Gasteiger partial charge in [0, 0.05) is 11.4 Å². The normalized spacial score (nSPS) is 17.1. The van der Waals surface area contributed by atoms with Crippen molar-refractivity contribution < 1.29 is 0 Å². The molecule has 0 spiro atoms. The van der Waals surface area contributed by atoms with E-state index in [1.165, 1.54) is 31.4 Å². The highest BCUT2D eigenvalue weighted by molar-refractivity contribution is 7.99. The molecule has 82 valence electrons. The fraction of sp³-hybridized carbons (Fsp3) is 0.636. The van der Waals surface area contributed by atoms with Crippen molar-refractivity contribution in [2.45, 2.75) is 37.6 Å². The first-order chi connectivity index (χ1) is 7.24. The van der Waals surface area contributed by atoms with E-state index in [1.54, 1.807) is 0 Å². The largest absolute Gasteiger partial charge is 0.368 e. The molecular formula is C11H17N3S. The first-order valence-corrected chi connectivity index (χ1v) is 6.46. The van der Waals surface area contributed by atoms with Crippen LogP contribution in [0.4, 0.5) is 5.95 Å². The summed E-state index contributed by atoms with van der Waals surface area (Å²) in [5, 5.41) is 1.02. The van der Waals surface area contributed by atoms with Crippen LogP contribution >= 0.6 is 11.8 Å². The Bertz CT molecular complexity index is 314. The number of aryl methyl sites for hydroxylation is 1. The van der Waals surface area contributed by atoms with Crippen molar-refractivity contribution in [3.05, 3.63) is 11.8 Å². The summed E-state index contributed by atoms with van der Waals surface area (Å²) in [7, 11) is 0. The number of thioether (sulfide) groups is 1. The molecule has 4 heteroatoms. The number of nitrogen functional groups attached to an aromatic ring is 1. The van der Waals surface area contributed by atoms with Crippen molar-refractivity contribution in [1.29, 1.82) is 0 Å². The van der Waals surface area contributed by atoms with Crippen molar-refractivity contribution >= 4 is 17.7 Å². The van der Waals surface area contributed by atoms with Crippen LogP contribution in [0.25, 0.3) is 0 Å². The minimum absolute atomic E-state index is 0.393. The van der Waals surface area contributed by atoms with Crippen LogP contribution in [-0.2, 0) is 0 Å². The van der Waals surface area contributed by atoms with E-state index < -0.39 is 0 Å². The summed E-state index contributed by atoms with van der Waals surface area (Å²) in [5.41, 5.74) is 6.56. The summed E-state index contributed by atoms with van der Waals surface area (Å²) in [4.78, 5) is 8.29. The third-order valence-electron chi connectivity index (χ3n) is 2.79. The zero-order valence-electron chi connectivity index (χ0n) is 9.07. The zero-order chi connectivity index (χ0) is 10.7. The monoisotopic (exact) mass is 223 g/mol. The summed E-state index contributed by atoms with van der Waals surface area (Å²) < 4.78 is 0. The van der Waals surface area contributed by atoms with Crippen LogP contribution < -0.4 is 5.73 Å². The average Bonchev–Trinajstić information content (AvgIpc) is 2.65. The number of hydrogen-bond acceptors (Lipinski definition) is 4. The van der Waals surface area contributed by atoms with Gasteiger partial charge in [0.15, 0.2) is 0 Å². The Hall–Kier alpha value is -0.770. The van der Waals surface area contributed by atoms with Gasteiger partial charge in [-0.3, -0.25) is 0 Å². The average molecular weight is 223 g/mol. The Morgan fingerprint density at radius 1 is 1.40 bits per heavy atom. The van der Waals surface area contributed by atoms with Gasteiger partial charge in [-0.05, 0) is 31.7 Å². The quantitative estimate of drug-likeness (QED) is 0.632. The molecule has 1 heterocycles. The highest BCUT2D eigenvalue weighted by atomic mass is 32.2. The number of rotatable bonds is 3. The van der Waals surface area contributed by atoms with Crippen LogP contribution in [0, 0.1) is 12.8 Å². The van der Waals surface area contributed by atoms with Gasteiger partial charge in [0.1, 0.15) is 5.03 Å². The van der Waals surface area contributed by atoms with Crippen molar-refractivity contribution in [2.24, 2.45) is 5.92 Å². The number of hydrogen-bond donors (Lipinski definition) is 1. The van der Waals surface area contributed by atoms with Crippen LogP contribution in [-0.4, -0.2) is 15.7 Å². The predicted molar refractivity (Wildman–Crippen MR) is 63.9 cm³/mol. The van der Waals surface area contributed by atoms with E-state index in [0.717, 1.165) is 16.6 Å². The summed E-state index contributed by atoms with van der Waals surface area (Å²) >= 11 is 1.81. The predicted octanol–water partition coefficient (Wildman–Crippen LogP) is 2.65. The fourth-order valence-electron chi connectivity index (χ4n) is 2.02. The second kappa shape index (κ2) is 4.84. The van der Waals surface area contributed by atoms with Gasteiger partial charge < -0.3 is 5.73 Å². The molecule has 0 amide bonds. The molecule has 2 N–H and O–H groups in total. The van der Waals surface area contributed by atoms with Crippen molar-refractivity contribution in [2.75, 3.05) is 11.5 Å². The van der Waals surface area contributed by atoms with Crippen molar-refractivity contribution in [1.82, 2.24) is 9.97 Å². The van der Waals surface area contributed by atoms with Gasteiger partial charge in [0.2, 0.25) is 5.95 Å². The second-order valence-corrected chi connectivity index (χ2v) is 5.21. The molecule has 0 radical (unpaired) electrons. The van der Waals surface area contributed by atoms with Crippen LogP contribution in [0.2, 0.25) is 0 Å². The highest BCUT2D eigenvalue weighted by Gasteiger charge is 2.15. The molecule has 0 saturated heterocycles. The van der Waals surface area contributed by atoms with Crippen molar-refractivity contribution in [3.63, 3.8) is 0 Å². The standard InChI is InChI=1S/C11H17N3S/c1-8-6-10(14-11(12)13-8)15-7-9-4-2-3-5-9/h6,9H,2-5,7H2,1H3,(H2,12,13,14). The summed E-state index contributed by atoms with van der Waals surface area (Å²) in [6.07, 6.45) is 5.56. The number of nitrogens with two attached hydrogens (primary N) is 1. The lowest BCUT2D eigenvalue weighted by Gasteiger charge is -2.08. The van der Waals surface area contributed by atoms with Crippen LogP contribution in [0.1, 0.15) is 31.4 Å². The third kappa shape index (κ3) is 3.09. The molecule has 15 heavy (non-hydrogen) atoms. The van der Waals surface area contributed by atoms with Gasteiger partial charge in [0.05, 0.1) is 0 Å². The molecule has 1 fully saturated rings. The lowest BCUT2D eigenvalue weighted by Crippen LogP contribution is -2.00. The Morgan fingerprint density at radius 2 is 2.13 bits per heavy atom. The fourth-order valence-corrected chi connectivity index (χ4v) is 3.17. The second-order valence-electron chi connectivity index (χ2n) is 4.17. The lowest BCUT2D eigenvalue weighted by atomic mass is 10.1. The summed E-state index contributed by atoms with van der Waals surface area (Å²) in [5.74, 6) is 2.45. The smallest absolute Gasteiger partial charge is 0.221 e. The minimum atomic E-state index is 0.393. The van der Waals surface area contributed by atoms with Gasteiger partial charge in [-0.15, -0.1) is 11.8 Å². The number of aromatic nitrogens is 2. The maximum atomic E-state index is 5.61. The third-order valence-corrected chi connectivity index (χ3v) is 3.93. The van der Waals surface area contributed by atoms with E-state index in [1.807, 2.05) is 24.8 Å². The van der Waals surface area contributed by atoms with Gasteiger partial charge in [0.25, 0.3) is 0 Å². The maximum Gasteiger partial charge on any atom is 0.221 e. The van der Waals surface area contributed by atoms with Gasteiger partial charge in [-0.1, -0.05) is 12.8 Å². The van der Waals surface area contributed by atoms with Crippen LogP contribution in [0.15, 0.2) is 11.1 Å². The molecule has 0 unspecified atom stereocenters. The zero-order valence-corrected chi connectivity index (χ0v) is 9.89. The topological polar surface area (TPSA) is 51.8 Å². The lowest BCUT2D eigenvalue weighted by molar-refractivity contribution is 0.623. The molecule has 2 rings (SSSR count). The van der Waals surface area contributed by atoms with E-state index in [-0.39, 0.29) is 0 Å². The molecule has 1 aliphatic rings. The molecule has 0 aromatic carbocycles. The Morgan fingerprint density at radius 3 is 2.80 bits per heavy atom. The Balaban J connectivity index is 1.92. The summed E-state index contributed by atoms with van der Waals surface area (Å²) in [6, 6.07) is 2.01. The molecular weight excluding hydrogens is 206 g/mol. The molecule has 1 aromatic rings. The van der Waals surface area contributed by atoms with Gasteiger partial charge >= 0.3 is 0 Å². The van der Waals surface area contributed by atoms with E-state index in [9.17, 15) is 0 Å². The molecule has 0 atom stereocenters. The molecule has 1 aromatic heterocycles. The molecule has 0 bridgehead atoms. The van der Waals surface area contributed by atoms with Crippen molar-refractivity contribution in [3.8, 4) is 0 Å². The van der Waals surface area contributed by atoms with Crippen LogP contribution in [0.3, 0.4) is 0 Å². The molecule has 0 aliphatic heterocycles. The molecule has 1 saturated carbocycles. The van der Waals surface area contributed by atoms with E-state index in [2.05, 4.69) is 9.97 Å². The maximum absolute atomic E-state index is 5.61. The minimum Gasteiger partial charge on any atom is -0.368 e. The first-order valence-electron chi connectivity index (χ1n) is 5.48.